The molecule has 0 aromatic heterocycles. The van der Waals surface area contributed by atoms with Crippen molar-refractivity contribution >= 4 is 5.96 Å². The van der Waals surface area contributed by atoms with Crippen LogP contribution >= 0.6 is 0 Å². The Morgan fingerprint density at radius 3 is 2.29 bits per heavy atom. The van der Waals surface area contributed by atoms with Gasteiger partial charge in [-0.2, -0.15) is 0 Å². The normalized spacial score (nSPS) is 13.4. The average Bonchev–Trinajstić information content (AvgIpc) is 2.15. The Labute approximate surface area is 107 Å². The summed E-state index contributed by atoms with van der Waals surface area (Å²) in [6, 6.07) is 0.573. The van der Waals surface area contributed by atoms with Crippen molar-refractivity contribution in [3.05, 3.63) is 0 Å². The van der Waals surface area contributed by atoms with Gasteiger partial charge in [0.25, 0.3) is 0 Å². The highest BCUT2D eigenvalue weighted by molar-refractivity contribution is 5.80. The van der Waals surface area contributed by atoms with Crippen LogP contribution in [-0.4, -0.2) is 49.1 Å². The first-order valence-electron chi connectivity index (χ1n) is 6.53. The molecule has 0 spiro atoms. The topological polar surface area (TPSA) is 39.7 Å². The van der Waals surface area contributed by atoms with Crippen LogP contribution in [0, 0.1) is 0 Å². The third-order valence-corrected chi connectivity index (χ3v) is 2.44. The molecule has 0 saturated carbocycles. The predicted octanol–water partition coefficient (Wildman–Crippen LogP) is 1.68. The lowest BCUT2D eigenvalue weighted by molar-refractivity contribution is 0.282. The Hall–Kier alpha value is -0.770. The van der Waals surface area contributed by atoms with E-state index in [1.54, 1.807) is 0 Å². The van der Waals surface area contributed by atoms with Crippen LogP contribution in [0.2, 0.25) is 0 Å². The Bertz CT molecular complexity index is 228. The summed E-state index contributed by atoms with van der Waals surface area (Å²) < 4.78 is 0. The fourth-order valence-electron chi connectivity index (χ4n) is 1.24. The van der Waals surface area contributed by atoms with E-state index in [4.69, 9.17) is 0 Å². The van der Waals surface area contributed by atoms with Crippen molar-refractivity contribution in [2.45, 2.75) is 53.1 Å². The van der Waals surface area contributed by atoms with E-state index >= 15 is 0 Å². The van der Waals surface area contributed by atoms with Gasteiger partial charge in [-0.15, -0.1) is 0 Å². The molecule has 0 aliphatic carbocycles. The minimum Gasteiger partial charge on any atom is -0.357 e. The van der Waals surface area contributed by atoms with Crippen molar-refractivity contribution in [2.75, 3.05) is 26.7 Å². The fraction of sp³-hybridized carbons (Fsp3) is 0.923. The van der Waals surface area contributed by atoms with Gasteiger partial charge in [0.2, 0.25) is 0 Å². The number of hydrogen-bond acceptors (Lipinski definition) is 2. The van der Waals surface area contributed by atoms with Crippen LogP contribution in [0.3, 0.4) is 0 Å². The largest absolute Gasteiger partial charge is 0.357 e. The molecule has 0 amide bonds. The third kappa shape index (κ3) is 8.98. The van der Waals surface area contributed by atoms with Gasteiger partial charge in [0.05, 0.1) is 6.54 Å². The zero-order chi connectivity index (χ0) is 13.5. The predicted molar refractivity (Wildman–Crippen MR) is 76.6 cm³/mol. The maximum absolute atomic E-state index is 4.57. The van der Waals surface area contributed by atoms with Crippen LogP contribution in [0.25, 0.3) is 0 Å². The van der Waals surface area contributed by atoms with Crippen LogP contribution in [0.5, 0.6) is 0 Å². The second-order valence-corrected chi connectivity index (χ2v) is 5.71. The molecule has 0 radical (unpaired) electrons. The Kier molecular flexibility index (Phi) is 7.19. The monoisotopic (exact) mass is 242 g/mol. The van der Waals surface area contributed by atoms with E-state index in [9.17, 15) is 0 Å². The van der Waals surface area contributed by atoms with Crippen LogP contribution in [0.4, 0.5) is 0 Å². The SMILES string of the molecule is CCNC(=NCCN(C)C(C)C)NC(C)(C)C. The van der Waals surface area contributed by atoms with Crippen molar-refractivity contribution in [3.8, 4) is 0 Å². The van der Waals surface area contributed by atoms with Gasteiger partial charge < -0.3 is 15.5 Å². The molecule has 0 unspecified atom stereocenters. The fourth-order valence-corrected chi connectivity index (χ4v) is 1.24. The highest BCUT2D eigenvalue weighted by Gasteiger charge is 2.11. The first kappa shape index (κ1) is 16.2. The highest BCUT2D eigenvalue weighted by atomic mass is 15.2. The molecule has 0 aromatic carbocycles. The number of guanidine groups is 1. The Morgan fingerprint density at radius 1 is 1.29 bits per heavy atom. The lowest BCUT2D eigenvalue weighted by Gasteiger charge is -2.24. The van der Waals surface area contributed by atoms with Crippen LogP contribution in [0.1, 0.15) is 41.5 Å². The second kappa shape index (κ2) is 7.54. The van der Waals surface area contributed by atoms with E-state index in [1.807, 2.05) is 0 Å². The summed E-state index contributed by atoms with van der Waals surface area (Å²) in [5.74, 6) is 0.900. The number of nitrogens with zero attached hydrogens (tertiary/aromatic N) is 2. The van der Waals surface area contributed by atoms with E-state index < -0.39 is 0 Å². The van der Waals surface area contributed by atoms with Gasteiger partial charge >= 0.3 is 0 Å². The van der Waals surface area contributed by atoms with Crippen molar-refractivity contribution in [1.82, 2.24) is 15.5 Å². The van der Waals surface area contributed by atoms with E-state index in [0.29, 0.717) is 6.04 Å². The van der Waals surface area contributed by atoms with Crippen LogP contribution in [-0.2, 0) is 0 Å². The summed E-state index contributed by atoms with van der Waals surface area (Å²) >= 11 is 0. The molecule has 102 valence electrons. The van der Waals surface area contributed by atoms with Crippen molar-refractivity contribution in [3.63, 3.8) is 0 Å². The smallest absolute Gasteiger partial charge is 0.191 e. The first-order chi connectivity index (χ1) is 7.76. The van der Waals surface area contributed by atoms with Crippen LogP contribution < -0.4 is 10.6 Å². The summed E-state index contributed by atoms with van der Waals surface area (Å²) in [7, 11) is 2.13. The summed E-state index contributed by atoms with van der Waals surface area (Å²) in [4.78, 5) is 6.87. The minimum atomic E-state index is 0.0466. The summed E-state index contributed by atoms with van der Waals surface area (Å²) in [5, 5.41) is 6.64. The molecule has 0 rings (SSSR count). The molecule has 0 saturated heterocycles. The molecule has 0 aromatic rings. The molecule has 4 heteroatoms. The average molecular weight is 242 g/mol. The van der Waals surface area contributed by atoms with Gasteiger partial charge in [0.1, 0.15) is 0 Å². The molecule has 0 aliphatic heterocycles. The number of nitrogens with one attached hydrogen (secondary N) is 2. The zero-order valence-electron chi connectivity index (χ0n) is 12.6. The van der Waals surface area contributed by atoms with E-state index in [0.717, 1.165) is 25.6 Å². The van der Waals surface area contributed by atoms with Gasteiger partial charge in [-0.3, -0.25) is 4.99 Å². The van der Waals surface area contributed by atoms with Crippen molar-refractivity contribution in [2.24, 2.45) is 4.99 Å². The molecular weight excluding hydrogens is 212 g/mol. The highest BCUT2D eigenvalue weighted by Crippen LogP contribution is 1.98. The molecule has 2 N–H and O–H groups in total. The lowest BCUT2D eigenvalue weighted by atomic mass is 10.1. The minimum absolute atomic E-state index is 0.0466. The molecular formula is C13H30N4. The van der Waals surface area contributed by atoms with Gasteiger partial charge in [-0.1, -0.05) is 0 Å². The van der Waals surface area contributed by atoms with E-state index in [-0.39, 0.29) is 5.54 Å². The molecule has 0 fully saturated rings. The van der Waals surface area contributed by atoms with E-state index in [1.165, 1.54) is 0 Å². The van der Waals surface area contributed by atoms with Crippen molar-refractivity contribution < 1.29 is 0 Å². The Morgan fingerprint density at radius 2 is 1.88 bits per heavy atom. The van der Waals surface area contributed by atoms with Gasteiger partial charge in [-0.05, 0) is 48.6 Å². The molecule has 0 atom stereocenters. The maximum Gasteiger partial charge on any atom is 0.191 e. The molecule has 0 aliphatic rings. The molecule has 0 bridgehead atoms. The van der Waals surface area contributed by atoms with E-state index in [2.05, 4.69) is 69.1 Å². The maximum atomic E-state index is 4.57. The van der Waals surface area contributed by atoms with Crippen LogP contribution in [0.15, 0.2) is 4.99 Å². The van der Waals surface area contributed by atoms with Crippen molar-refractivity contribution in [1.29, 1.82) is 0 Å². The zero-order valence-corrected chi connectivity index (χ0v) is 12.6. The molecule has 4 nitrogen and oxygen atoms in total. The second-order valence-electron chi connectivity index (χ2n) is 5.71. The van der Waals surface area contributed by atoms with Gasteiger partial charge in [0.15, 0.2) is 5.96 Å². The summed E-state index contributed by atoms with van der Waals surface area (Å²) in [6.45, 7) is 15.6. The quantitative estimate of drug-likeness (QED) is 0.569. The lowest BCUT2D eigenvalue weighted by Crippen LogP contribution is -2.47. The number of rotatable bonds is 5. The first-order valence-corrected chi connectivity index (χ1v) is 6.53. The third-order valence-electron chi connectivity index (χ3n) is 2.44. The number of aliphatic imine (C=N–C) groups is 1. The Balaban J connectivity index is 4.21. The molecule has 0 heterocycles. The van der Waals surface area contributed by atoms with Gasteiger partial charge in [-0.25, -0.2) is 0 Å². The standard InChI is InChI=1S/C13H30N4/c1-8-14-12(16-13(4,5)6)15-9-10-17(7)11(2)3/h11H,8-10H2,1-7H3,(H2,14,15,16). The van der Waals surface area contributed by atoms with Gasteiger partial charge in [0, 0.05) is 24.7 Å². The summed E-state index contributed by atoms with van der Waals surface area (Å²) in [6.07, 6.45) is 0. The number of hydrogen-bond donors (Lipinski definition) is 2. The summed E-state index contributed by atoms with van der Waals surface area (Å²) in [5.41, 5.74) is 0.0466. The molecule has 17 heavy (non-hydrogen) atoms. The number of likely N-dealkylation sites (N-methyl/N-ethyl adjacent to an activating group) is 1.